The van der Waals surface area contributed by atoms with Gasteiger partial charge in [0.1, 0.15) is 18.3 Å². The normalized spacial score (nSPS) is 47.9. The van der Waals surface area contributed by atoms with Crippen LogP contribution in [-0.4, -0.2) is 55.9 Å². The van der Waals surface area contributed by atoms with Gasteiger partial charge in [0.2, 0.25) is 0 Å². The number of hydrogen-bond donors (Lipinski definition) is 0. The maximum atomic E-state index is 12.3. The maximum absolute atomic E-state index is 12.3. The predicted molar refractivity (Wildman–Crippen MR) is 140 cm³/mol. The first-order valence-electron chi connectivity index (χ1n) is 14.8. The largest absolute Gasteiger partial charge is 0.459 e. The van der Waals surface area contributed by atoms with Crippen LogP contribution in [0.25, 0.3) is 0 Å². The van der Waals surface area contributed by atoms with E-state index in [4.69, 9.17) is 23.7 Å². The molecule has 0 N–H and O–H groups in total. The third-order valence-corrected chi connectivity index (χ3v) is 11.5. The van der Waals surface area contributed by atoms with Gasteiger partial charge in [0.15, 0.2) is 6.29 Å². The van der Waals surface area contributed by atoms with E-state index in [-0.39, 0.29) is 64.8 Å². The molecule has 212 valence electrons. The summed E-state index contributed by atoms with van der Waals surface area (Å²) in [5, 5.41) is 0. The maximum Gasteiger partial charge on any atom is 0.303 e. The molecule has 0 spiro atoms. The minimum atomic E-state index is -0.271. The van der Waals surface area contributed by atoms with Crippen LogP contribution in [0.2, 0.25) is 0 Å². The van der Waals surface area contributed by atoms with Crippen LogP contribution in [0.5, 0.6) is 0 Å². The summed E-state index contributed by atoms with van der Waals surface area (Å²) < 4.78 is 30.5. The average Bonchev–Trinajstić information content (AvgIpc) is 3.56. The molecule has 7 heteroatoms. The van der Waals surface area contributed by atoms with E-state index < -0.39 is 0 Å². The van der Waals surface area contributed by atoms with Gasteiger partial charge in [-0.2, -0.15) is 0 Å². The van der Waals surface area contributed by atoms with Gasteiger partial charge in [0.25, 0.3) is 0 Å². The molecule has 38 heavy (non-hydrogen) atoms. The fourth-order valence-electron chi connectivity index (χ4n) is 9.71. The number of esters is 2. The molecule has 6 aliphatic rings. The number of carbonyl (C=O) groups excluding carboxylic acids is 2. The Hall–Kier alpha value is -1.44. The molecule has 3 saturated carbocycles. The Bertz CT molecular complexity index is 1010. The SMILES string of the molecule is CC(=O)O[C@@H]1C=C2C[C@@H](OC(C)=O)[C@@H]3O[C@@H]3[C@]2(C)[C@H]2CC[C@]3(C)[C@@H](C(C)C4OCC(C)(C)CO4)CC[C@H]3[C@H]12. The summed E-state index contributed by atoms with van der Waals surface area (Å²) >= 11 is 0. The van der Waals surface area contributed by atoms with Crippen LogP contribution in [0.15, 0.2) is 11.6 Å². The predicted octanol–water partition coefficient (Wildman–Crippen LogP) is 5.06. The highest BCUT2D eigenvalue weighted by Crippen LogP contribution is 2.70. The van der Waals surface area contributed by atoms with Crippen molar-refractivity contribution in [2.45, 2.75) is 111 Å². The van der Waals surface area contributed by atoms with E-state index in [0.29, 0.717) is 30.1 Å². The highest BCUT2D eigenvalue weighted by molar-refractivity contribution is 5.67. The van der Waals surface area contributed by atoms with Gasteiger partial charge in [-0.3, -0.25) is 9.59 Å². The zero-order valence-electron chi connectivity index (χ0n) is 24.2. The second-order valence-electron chi connectivity index (χ2n) is 14.5. The van der Waals surface area contributed by atoms with E-state index in [2.05, 4.69) is 40.7 Å². The summed E-state index contributed by atoms with van der Waals surface area (Å²) in [6.45, 7) is 16.0. The first kappa shape index (κ1) is 26.8. The molecule has 4 aliphatic carbocycles. The standard InChI is InChI=1S/C31H46O7/c1-16(28-34-14-29(4,5)15-35-28)20-8-9-21-25-22(10-11-30(20,21)6)31(7)19(12-23(25)36-17(2)32)13-24(37-18(3)33)26-27(31)38-26/h12,16,20-28H,8-11,13-15H2,1-7H3/t16?,20-,21+,22+,23-,24-,25+,26+,27+,30-,31+/m1/s1. The Balaban J connectivity index is 1.29. The van der Waals surface area contributed by atoms with Gasteiger partial charge in [-0.1, -0.05) is 40.2 Å². The lowest BCUT2D eigenvalue weighted by Crippen LogP contribution is -2.58. The first-order chi connectivity index (χ1) is 17.8. The van der Waals surface area contributed by atoms with E-state index >= 15 is 0 Å². The molecule has 2 saturated heterocycles. The van der Waals surface area contributed by atoms with E-state index in [1.54, 1.807) is 0 Å². The third kappa shape index (κ3) is 4.09. The van der Waals surface area contributed by atoms with Crippen molar-refractivity contribution in [2.75, 3.05) is 13.2 Å². The molecular weight excluding hydrogens is 484 g/mol. The van der Waals surface area contributed by atoms with Gasteiger partial charge in [-0.05, 0) is 54.9 Å². The summed E-state index contributed by atoms with van der Waals surface area (Å²) in [6, 6.07) is 0. The van der Waals surface area contributed by atoms with Crippen molar-refractivity contribution < 1.29 is 33.3 Å². The molecule has 5 fully saturated rings. The van der Waals surface area contributed by atoms with E-state index in [1.165, 1.54) is 19.4 Å². The van der Waals surface area contributed by atoms with Gasteiger partial charge in [-0.15, -0.1) is 0 Å². The Morgan fingerprint density at radius 1 is 0.974 bits per heavy atom. The first-order valence-corrected chi connectivity index (χ1v) is 14.8. The smallest absolute Gasteiger partial charge is 0.303 e. The highest BCUT2D eigenvalue weighted by atomic mass is 16.7. The molecule has 2 heterocycles. The van der Waals surface area contributed by atoms with Crippen LogP contribution < -0.4 is 0 Å². The number of fused-ring (bicyclic) bond motifs is 7. The van der Waals surface area contributed by atoms with Crippen molar-refractivity contribution in [1.29, 1.82) is 0 Å². The van der Waals surface area contributed by atoms with Crippen molar-refractivity contribution in [1.82, 2.24) is 0 Å². The fraction of sp³-hybridized carbons (Fsp3) is 0.871. The Kier molecular flexibility index (Phi) is 6.36. The zero-order chi connectivity index (χ0) is 27.2. The van der Waals surface area contributed by atoms with Gasteiger partial charge in [-0.25, -0.2) is 0 Å². The Morgan fingerprint density at radius 3 is 2.32 bits per heavy atom. The van der Waals surface area contributed by atoms with Gasteiger partial charge in [0.05, 0.1) is 19.3 Å². The van der Waals surface area contributed by atoms with Crippen molar-refractivity contribution in [3.05, 3.63) is 11.6 Å². The van der Waals surface area contributed by atoms with E-state index in [1.807, 2.05) is 0 Å². The van der Waals surface area contributed by atoms with Crippen LogP contribution >= 0.6 is 0 Å². The monoisotopic (exact) mass is 530 g/mol. The van der Waals surface area contributed by atoms with Crippen LogP contribution in [0.3, 0.4) is 0 Å². The van der Waals surface area contributed by atoms with Crippen molar-refractivity contribution in [2.24, 2.45) is 45.8 Å². The quantitative estimate of drug-likeness (QED) is 0.285. The molecular formula is C31H46O7. The van der Waals surface area contributed by atoms with Crippen LogP contribution in [-0.2, 0) is 33.3 Å². The highest BCUT2D eigenvalue weighted by Gasteiger charge is 2.70. The Labute approximate surface area is 227 Å². The third-order valence-electron chi connectivity index (χ3n) is 11.5. The second-order valence-corrected chi connectivity index (χ2v) is 14.5. The van der Waals surface area contributed by atoms with E-state index in [9.17, 15) is 9.59 Å². The molecule has 7 nitrogen and oxygen atoms in total. The number of ether oxygens (including phenoxy) is 5. The van der Waals surface area contributed by atoms with Crippen LogP contribution in [0.1, 0.15) is 80.6 Å². The Morgan fingerprint density at radius 2 is 1.66 bits per heavy atom. The lowest BCUT2D eigenvalue weighted by atomic mass is 9.46. The summed E-state index contributed by atoms with van der Waals surface area (Å²) in [7, 11) is 0. The fourth-order valence-corrected chi connectivity index (χ4v) is 9.71. The average molecular weight is 531 g/mol. The van der Waals surface area contributed by atoms with Gasteiger partial charge < -0.3 is 23.7 Å². The van der Waals surface area contributed by atoms with E-state index in [0.717, 1.165) is 38.9 Å². The molecule has 0 aromatic rings. The molecule has 0 aromatic carbocycles. The molecule has 0 radical (unpaired) electrons. The second kappa shape index (κ2) is 9.04. The van der Waals surface area contributed by atoms with Crippen LogP contribution in [0, 0.1) is 45.8 Å². The molecule has 2 aliphatic heterocycles. The minimum Gasteiger partial charge on any atom is -0.459 e. The summed E-state index contributed by atoms with van der Waals surface area (Å²) in [6.07, 6.45) is 6.75. The molecule has 1 unspecified atom stereocenters. The summed E-state index contributed by atoms with van der Waals surface area (Å²) in [5.41, 5.74) is 1.33. The lowest BCUT2D eigenvalue weighted by Gasteiger charge is -2.59. The van der Waals surface area contributed by atoms with Crippen molar-refractivity contribution in [3.8, 4) is 0 Å². The number of carbonyl (C=O) groups is 2. The lowest BCUT2D eigenvalue weighted by molar-refractivity contribution is -0.253. The number of rotatable bonds is 4. The molecule has 0 aromatic heterocycles. The van der Waals surface area contributed by atoms with Gasteiger partial charge in [0, 0.05) is 42.9 Å². The molecule has 11 atom stereocenters. The zero-order valence-corrected chi connectivity index (χ0v) is 24.2. The summed E-state index contributed by atoms with van der Waals surface area (Å²) in [5.74, 6) is 1.39. The van der Waals surface area contributed by atoms with Crippen LogP contribution in [0.4, 0.5) is 0 Å². The molecule has 6 rings (SSSR count). The summed E-state index contributed by atoms with van der Waals surface area (Å²) in [4.78, 5) is 24.1. The number of hydrogen-bond acceptors (Lipinski definition) is 7. The molecule has 0 amide bonds. The molecule has 0 bridgehead atoms. The number of epoxide rings is 1. The van der Waals surface area contributed by atoms with Gasteiger partial charge >= 0.3 is 11.9 Å². The van der Waals surface area contributed by atoms with Crippen molar-refractivity contribution >= 4 is 11.9 Å². The van der Waals surface area contributed by atoms with Crippen molar-refractivity contribution in [3.63, 3.8) is 0 Å². The minimum absolute atomic E-state index is 0.0264. The topological polar surface area (TPSA) is 83.6 Å².